The van der Waals surface area contributed by atoms with Gasteiger partial charge in [0.25, 0.3) is 0 Å². The Hall–Kier alpha value is -2.29. The molecule has 0 saturated carbocycles. The summed E-state index contributed by atoms with van der Waals surface area (Å²) in [6.45, 7) is 6.64. The van der Waals surface area contributed by atoms with Crippen LogP contribution in [0.4, 0.5) is 11.4 Å². The molecule has 3 rings (SSSR count). The number of ketones is 1. The van der Waals surface area contributed by atoms with Gasteiger partial charge in [0.15, 0.2) is 5.78 Å². The molecule has 0 aromatic heterocycles. The van der Waals surface area contributed by atoms with Crippen LogP contribution in [0.5, 0.6) is 0 Å². The highest BCUT2D eigenvalue weighted by Gasteiger charge is 2.20. The van der Waals surface area contributed by atoms with Crippen LogP contribution in [0.2, 0.25) is 0 Å². The Kier molecular flexibility index (Phi) is 4.37. The van der Waals surface area contributed by atoms with Crippen LogP contribution in [0, 0.1) is 5.92 Å². The van der Waals surface area contributed by atoms with E-state index in [4.69, 9.17) is 5.73 Å². The topological polar surface area (TPSA) is 46.3 Å². The molecule has 3 heteroatoms. The first kappa shape index (κ1) is 15.6. The van der Waals surface area contributed by atoms with Gasteiger partial charge in [0.1, 0.15) is 0 Å². The molecule has 0 amide bonds. The second-order valence-electron chi connectivity index (χ2n) is 6.70. The van der Waals surface area contributed by atoms with Crippen molar-refractivity contribution in [2.45, 2.75) is 26.7 Å². The Bertz CT molecular complexity index is 721. The molecular formula is C20H24N2O. The Morgan fingerprint density at radius 3 is 2.74 bits per heavy atom. The zero-order valence-electron chi connectivity index (χ0n) is 13.9. The Balaban J connectivity index is 1.92. The van der Waals surface area contributed by atoms with Gasteiger partial charge in [-0.3, -0.25) is 4.79 Å². The largest absolute Gasteiger partial charge is 0.398 e. The number of carbonyl (C=O) groups is 1. The normalized spacial score (nSPS) is 14.0. The first-order valence-corrected chi connectivity index (χ1v) is 8.33. The molecule has 0 fully saturated rings. The molecule has 120 valence electrons. The number of hydrogen-bond donors (Lipinski definition) is 1. The van der Waals surface area contributed by atoms with E-state index in [-0.39, 0.29) is 5.78 Å². The van der Waals surface area contributed by atoms with Crippen molar-refractivity contribution in [3.8, 4) is 0 Å². The highest BCUT2D eigenvalue weighted by Crippen LogP contribution is 2.29. The standard InChI is InChI=1S/C20H24N2O/c1-14(2)13-22-11-5-6-15-12-16(9-10-19(15)22)20(23)17-7-3-4-8-18(17)21/h3-4,7-10,12,14H,5-6,11,13,21H2,1-2H3. The van der Waals surface area contributed by atoms with Crippen LogP contribution in [-0.2, 0) is 6.42 Å². The lowest BCUT2D eigenvalue weighted by Crippen LogP contribution is -2.32. The summed E-state index contributed by atoms with van der Waals surface area (Å²) < 4.78 is 0. The molecule has 23 heavy (non-hydrogen) atoms. The fourth-order valence-corrected chi connectivity index (χ4v) is 3.31. The molecule has 0 radical (unpaired) electrons. The third-order valence-electron chi connectivity index (χ3n) is 4.35. The fourth-order valence-electron chi connectivity index (χ4n) is 3.31. The summed E-state index contributed by atoms with van der Waals surface area (Å²) in [5.74, 6) is 0.637. The average Bonchev–Trinajstić information content (AvgIpc) is 2.54. The monoisotopic (exact) mass is 308 g/mol. The molecule has 0 bridgehead atoms. The smallest absolute Gasteiger partial charge is 0.195 e. The molecule has 1 aliphatic rings. The number of nitrogen functional groups attached to an aromatic ring is 1. The number of hydrogen-bond acceptors (Lipinski definition) is 3. The lowest BCUT2D eigenvalue weighted by molar-refractivity contribution is 0.103. The number of anilines is 2. The number of nitrogens with two attached hydrogens (primary N) is 1. The molecule has 0 saturated heterocycles. The number of fused-ring (bicyclic) bond motifs is 1. The van der Waals surface area contributed by atoms with E-state index in [2.05, 4.69) is 30.9 Å². The number of aryl methyl sites for hydroxylation is 1. The van der Waals surface area contributed by atoms with E-state index in [1.807, 2.05) is 18.2 Å². The van der Waals surface area contributed by atoms with Gasteiger partial charge in [-0.2, -0.15) is 0 Å². The third kappa shape index (κ3) is 3.24. The molecule has 2 aromatic carbocycles. The summed E-state index contributed by atoms with van der Waals surface area (Å²) in [5, 5.41) is 0. The SMILES string of the molecule is CC(C)CN1CCCc2cc(C(=O)c3ccccc3N)ccc21. The van der Waals surface area contributed by atoms with Gasteiger partial charge in [-0.15, -0.1) is 0 Å². The molecule has 2 aromatic rings. The highest BCUT2D eigenvalue weighted by molar-refractivity contribution is 6.12. The van der Waals surface area contributed by atoms with Gasteiger partial charge in [0, 0.05) is 35.6 Å². The number of rotatable bonds is 4. The maximum absolute atomic E-state index is 12.7. The molecule has 0 unspecified atom stereocenters. The lowest BCUT2D eigenvalue weighted by Gasteiger charge is -2.33. The molecule has 0 atom stereocenters. The van der Waals surface area contributed by atoms with Gasteiger partial charge < -0.3 is 10.6 Å². The highest BCUT2D eigenvalue weighted by atomic mass is 16.1. The maximum Gasteiger partial charge on any atom is 0.195 e. The minimum absolute atomic E-state index is 0.00637. The lowest BCUT2D eigenvalue weighted by atomic mass is 9.94. The summed E-state index contributed by atoms with van der Waals surface area (Å²) >= 11 is 0. The molecular weight excluding hydrogens is 284 g/mol. The summed E-state index contributed by atoms with van der Waals surface area (Å²) in [5.41, 5.74) is 10.4. The van der Waals surface area contributed by atoms with E-state index in [1.54, 1.807) is 12.1 Å². The van der Waals surface area contributed by atoms with Gasteiger partial charge >= 0.3 is 0 Å². The van der Waals surface area contributed by atoms with E-state index >= 15 is 0 Å². The van der Waals surface area contributed by atoms with Gasteiger partial charge in [0.2, 0.25) is 0 Å². The Morgan fingerprint density at radius 1 is 1.22 bits per heavy atom. The van der Waals surface area contributed by atoms with Crippen molar-refractivity contribution < 1.29 is 4.79 Å². The summed E-state index contributed by atoms with van der Waals surface area (Å²) in [6.07, 6.45) is 2.18. The first-order valence-electron chi connectivity index (χ1n) is 8.33. The Labute approximate surface area is 138 Å². The van der Waals surface area contributed by atoms with Crippen LogP contribution in [-0.4, -0.2) is 18.9 Å². The van der Waals surface area contributed by atoms with Gasteiger partial charge in [-0.25, -0.2) is 0 Å². The van der Waals surface area contributed by atoms with E-state index in [9.17, 15) is 4.79 Å². The number of nitrogens with zero attached hydrogens (tertiary/aromatic N) is 1. The van der Waals surface area contributed by atoms with Crippen molar-refractivity contribution in [2.75, 3.05) is 23.7 Å². The molecule has 0 aliphatic carbocycles. The maximum atomic E-state index is 12.7. The predicted octanol–water partition coefficient (Wildman–Crippen LogP) is 3.91. The quantitative estimate of drug-likeness (QED) is 0.688. The minimum Gasteiger partial charge on any atom is -0.398 e. The fraction of sp³-hybridized carbons (Fsp3) is 0.350. The number of benzene rings is 2. The van der Waals surface area contributed by atoms with Crippen molar-refractivity contribution >= 4 is 17.2 Å². The number of carbonyl (C=O) groups excluding carboxylic acids is 1. The summed E-state index contributed by atoms with van der Waals surface area (Å²) in [6, 6.07) is 13.4. The van der Waals surface area contributed by atoms with Crippen LogP contribution in [0.25, 0.3) is 0 Å². The van der Waals surface area contributed by atoms with Crippen LogP contribution < -0.4 is 10.6 Å². The molecule has 1 aliphatic heterocycles. The molecule has 2 N–H and O–H groups in total. The first-order chi connectivity index (χ1) is 11.1. The average molecular weight is 308 g/mol. The van der Waals surface area contributed by atoms with Gasteiger partial charge in [-0.1, -0.05) is 26.0 Å². The minimum atomic E-state index is 0.00637. The van der Waals surface area contributed by atoms with E-state index < -0.39 is 0 Å². The molecule has 1 heterocycles. The van der Waals surface area contributed by atoms with Crippen molar-refractivity contribution in [2.24, 2.45) is 5.92 Å². The number of para-hydroxylation sites is 1. The molecule has 0 spiro atoms. The van der Waals surface area contributed by atoms with Gasteiger partial charge in [0.05, 0.1) is 0 Å². The second kappa shape index (κ2) is 6.45. The van der Waals surface area contributed by atoms with Crippen molar-refractivity contribution in [3.05, 3.63) is 59.2 Å². The van der Waals surface area contributed by atoms with Crippen LogP contribution in [0.1, 0.15) is 41.8 Å². The third-order valence-corrected chi connectivity index (χ3v) is 4.35. The van der Waals surface area contributed by atoms with Gasteiger partial charge in [-0.05, 0) is 54.7 Å². The van der Waals surface area contributed by atoms with Crippen molar-refractivity contribution in [1.82, 2.24) is 0 Å². The van der Waals surface area contributed by atoms with Crippen LogP contribution in [0.3, 0.4) is 0 Å². The summed E-state index contributed by atoms with van der Waals surface area (Å²) in [4.78, 5) is 15.2. The van der Waals surface area contributed by atoms with Crippen molar-refractivity contribution in [1.29, 1.82) is 0 Å². The van der Waals surface area contributed by atoms with Crippen LogP contribution in [0.15, 0.2) is 42.5 Å². The zero-order chi connectivity index (χ0) is 16.4. The zero-order valence-corrected chi connectivity index (χ0v) is 13.9. The van der Waals surface area contributed by atoms with E-state index in [0.29, 0.717) is 17.2 Å². The van der Waals surface area contributed by atoms with Crippen molar-refractivity contribution in [3.63, 3.8) is 0 Å². The summed E-state index contributed by atoms with van der Waals surface area (Å²) in [7, 11) is 0. The molecule has 3 nitrogen and oxygen atoms in total. The Morgan fingerprint density at radius 2 is 2.00 bits per heavy atom. The second-order valence-corrected chi connectivity index (χ2v) is 6.70. The van der Waals surface area contributed by atoms with Crippen LogP contribution >= 0.6 is 0 Å². The predicted molar refractivity (Wildman–Crippen MR) is 96.1 cm³/mol. The van der Waals surface area contributed by atoms with E-state index in [0.717, 1.165) is 31.5 Å². The van der Waals surface area contributed by atoms with E-state index in [1.165, 1.54) is 11.3 Å².